The van der Waals surface area contributed by atoms with Crippen molar-refractivity contribution in [1.29, 1.82) is 0 Å². The number of amides is 1. The van der Waals surface area contributed by atoms with Crippen molar-refractivity contribution >= 4 is 17.3 Å². The van der Waals surface area contributed by atoms with E-state index in [4.69, 9.17) is 15.2 Å². The van der Waals surface area contributed by atoms with Crippen LogP contribution in [0, 0.1) is 11.3 Å². The normalized spacial score (nSPS) is 15.0. The third-order valence-corrected chi connectivity index (χ3v) is 3.79. The fraction of sp³-hybridized carbons (Fsp3) is 0.533. The molecule has 0 saturated carbocycles. The summed E-state index contributed by atoms with van der Waals surface area (Å²) in [6, 6.07) is 3.38. The molecular formula is C15H22N2O3. The predicted octanol–water partition coefficient (Wildman–Crippen LogP) is 3.01. The molecule has 0 saturated heterocycles. The molecule has 0 bridgehead atoms. The first-order chi connectivity index (χ1) is 9.27. The van der Waals surface area contributed by atoms with E-state index in [9.17, 15) is 4.79 Å². The van der Waals surface area contributed by atoms with Crippen molar-refractivity contribution in [2.75, 3.05) is 17.8 Å². The Morgan fingerprint density at radius 3 is 2.55 bits per heavy atom. The average Bonchev–Trinajstić information content (AvgIpc) is 2.75. The summed E-state index contributed by atoms with van der Waals surface area (Å²) in [5, 5.41) is 2.84. The molecule has 0 spiro atoms. The number of nitrogens with two attached hydrogens (primary N) is 1. The molecule has 3 N–H and O–H groups in total. The molecule has 1 amide bonds. The maximum atomic E-state index is 12.1. The largest absolute Gasteiger partial charge is 0.454 e. The molecule has 1 unspecified atom stereocenters. The zero-order chi connectivity index (χ0) is 14.9. The van der Waals surface area contributed by atoms with Crippen molar-refractivity contribution in [1.82, 2.24) is 0 Å². The van der Waals surface area contributed by atoms with Crippen LogP contribution >= 0.6 is 0 Å². The van der Waals surface area contributed by atoms with Crippen LogP contribution < -0.4 is 20.5 Å². The first-order valence-electron chi connectivity index (χ1n) is 6.76. The molecule has 0 aliphatic carbocycles. The summed E-state index contributed by atoms with van der Waals surface area (Å²) in [5.74, 6) is 1.46. The number of fused-ring (bicyclic) bond motifs is 1. The lowest BCUT2D eigenvalue weighted by Gasteiger charge is -2.26. The van der Waals surface area contributed by atoms with E-state index in [1.54, 1.807) is 12.1 Å². The summed E-state index contributed by atoms with van der Waals surface area (Å²) >= 11 is 0. The Bertz CT molecular complexity index is 521. The molecule has 1 atom stereocenters. The van der Waals surface area contributed by atoms with Crippen LogP contribution in [0.15, 0.2) is 12.1 Å². The van der Waals surface area contributed by atoms with Gasteiger partial charge in [-0.1, -0.05) is 27.7 Å². The molecule has 110 valence electrons. The minimum atomic E-state index is -0.0435. The highest BCUT2D eigenvalue weighted by molar-refractivity contribution is 5.94. The molecule has 1 heterocycles. The van der Waals surface area contributed by atoms with E-state index in [1.807, 2.05) is 0 Å². The molecule has 1 aliphatic heterocycles. The number of nitrogens with one attached hydrogen (secondary N) is 1. The Kier molecular flexibility index (Phi) is 3.79. The van der Waals surface area contributed by atoms with Crippen molar-refractivity contribution in [3.05, 3.63) is 12.1 Å². The number of hydrogen-bond donors (Lipinski definition) is 2. The fourth-order valence-electron chi connectivity index (χ4n) is 1.85. The monoisotopic (exact) mass is 278 g/mol. The second-order valence-electron chi connectivity index (χ2n) is 6.31. The lowest BCUT2D eigenvalue weighted by molar-refractivity contribution is -0.117. The van der Waals surface area contributed by atoms with Gasteiger partial charge in [0.15, 0.2) is 11.5 Å². The van der Waals surface area contributed by atoms with E-state index >= 15 is 0 Å². The topological polar surface area (TPSA) is 73.6 Å². The van der Waals surface area contributed by atoms with Crippen LogP contribution in [0.1, 0.15) is 34.1 Å². The second-order valence-corrected chi connectivity index (χ2v) is 6.31. The summed E-state index contributed by atoms with van der Waals surface area (Å²) in [4.78, 5) is 12.1. The van der Waals surface area contributed by atoms with Gasteiger partial charge in [-0.25, -0.2) is 0 Å². The standard InChI is InChI=1S/C15H22N2O3/c1-9(15(2,3)4)5-14(18)17-11-7-13-12(6-10(11)16)19-8-20-13/h6-7,9H,5,8,16H2,1-4H3,(H,17,18). The lowest BCUT2D eigenvalue weighted by Crippen LogP contribution is -2.24. The SMILES string of the molecule is CC(CC(=O)Nc1cc2c(cc1N)OCO2)C(C)(C)C. The third-order valence-electron chi connectivity index (χ3n) is 3.79. The van der Waals surface area contributed by atoms with E-state index in [0.717, 1.165) is 0 Å². The molecule has 0 aromatic heterocycles. The summed E-state index contributed by atoms with van der Waals surface area (Å²) in [7, 11) is 0. The van der Waals surface area contributed by atoms with E-state index in [0.29, 0.717) is 29.3 Å². The Balaban J connectivity index is 2.05. The lowest BCUT2D eigenvalue weighted by atomic mass is 9.80. The number of anilines is 2. The maximum Gasteiger partial charge on any atom is 0.231 e. The molecule has 0 radical (unpaired) electrons. The average molecular weight is 278 g/mol. The second kappa shape index (κ2) is 5.23. The van der Waals surface area contributed by atoms with E-state index in [-0.39, 0.29) is 24.0 Å². The minimum absolute atomic E-state index is 0.0435. The van der Waals surface area contributed by atoms with Gasteiger partial charge in [-0.2, -0.15) is 0 Å². The van der Waals surface area contributed by atoms with Crippen LogP contribution in [0.2, 0.25) is 0 Å². The van der Waals surface area contributed by atoms with Gasteiger partial charge in [0.1, 0.15) is 0 Å². The predicted molar refractivity (Wildman–Crippen MR) is 78.8 cm³/mol. The molecule has 1 aromatic rings. The first kappa shape index (κ1) is 14.5. The Labute approximate surface area is 119 Å². The molecule has 20 heavy (non-hydrogen) atoms. The fourth-order valence-corrected chi connectivity index (χ4v) is 1.85. The number of rotatable bonds is 3. The Morgan fingerprint density at radius 1 is 1.35 bits per heavy atom. The Morgan fingerprint density at radius 2 is 1.95 bits per heavy atom. The zero-order valence-corrected chi connectivity index (χ0v) is 12.4. The van der Waals surface area contributed by atoms with Gasteiger partial charge in [-0.05, 0) is 11.3 Å². The van der Waals surface area contributed by atoms with Gasteiger partial charge in [-0.15, -0.1) is 0 Å². The van der Waals surface area contributed by atoms with Gasteiger partial charge in [0.25, 0.3) is 0 Å². The molecule has 0 fully saturated rings. The van der Waals surface area contributed by atoms with Crippen LogP contribution in [0.25, 0.3) is 0 Å². The highest BCUT2D eigenvalue weighted by Gasteiger charge is 2.23. The van der Waals surface area contributed by atoms with Gasteiger partial charge >= 0.3 is 0 Å². The summed E-state index contributed by atoms with van der Waals surface area (Å²) in [6.45, 7) is 8.63. The molecule has 1 aromatic carbocycles. The quantitative estimate of drug-likeness (QED) is 0.833. The van der Waals surface area contributed by atoms with Crippen molar-refractivity contribution < 1.29 is 14.3 Å². The van der Waals surface area contributed by atoms with Crippen LogP contribution in [-0.2, 0) is 4.79 Å². The van der Waals surface area contributed by atoms with Crippen molar-refractivity contribution in [3.8, 4) is 11.5 Å². The smallest absolute Gasteiger partial charge is 0.231 e. The number of benzene rings is 1. The van der Waals surface area contributed by atoms with E-state index in [2.05, 4.69) is 33.0 Å². The van der Waals surface area contributed by atoms with E-state index in [1.165, 1.54) is 0 Å². The maximum absolute atomic E-state index is 12.1. The van der Waals surface area contributed by atoms with E-state index < -0.39 is 0 Å². The molecule has 5 heteroatoms. The Hall–Kier alpha value is -1.91. The van der Waals surface area contributed by atoms with Gasteiger partial charge in [0.05, 0.1) is 11.4 Å². The summed E-state index contributed by atoms with van der Waals surface area (Å²) in [6.07, 6.45) is 0.456. The van der Waals surface area contributed by atoms with Crippen LogP contribution in [0.4, 0.5) is 11.4 Å². The number of hydrogen-bond acceptors (Lipinski definition) is 4. The molecule has 2 rings (SSSR count). The number of carbonyl (C=O) groups excluding carboxylic acids is 1. The zero-order valence-electron chi connectivity index (χ0n) is 12.4. The minimum Gasteiger partial charge on any atom is -0.454 e. The number of nitrogen functional groups attached to an aromatic ring is 1. The van der Waals surface area contributed by atoms with Crippen LogP contribution in [0.5, 0.6) is 11.5 Å². The van der Waals surface area contributed by atoms with Gasteiger partial charge in [0, 0.05) is 18.6 Å². The molecule has 1 aliphatic rings. The van der Waals surface area contributed by atoms with Crippen molar-refractivity contribution in [2.24, 2.45) is 11.3 Å². The van der Waals surface area contributed by atoms with Gasteiger partial charge < -0.3 is 20.5 Å². The first-order valence-corrected chi connectivity index (χ1v) is 6.76. The number of carbonyl (C=O) groups is 1. The molecule has 5 nitrogen and oxygen atoms in total. The van der Waals surface area contributed by atoms with Crippen molar-refractivity contribution in [2.45, 2.75) is 34.1 Å². The highest BCUT2D eigenvalue weighted by Crippen LogP contribution is 2.38. The van der Waals surface area contributed by atoms with Crippen molar-refractivity contribution in [3.63, 3.8) is 0 Å². The summed E-state index contributed by atoms with van der Waals surface area (Å²) < 4.78 is 10.5. The van der Waals surface area contributed by atoms with Crippen LogP contribution in [-0.4, -0.2) is 12.7 Å². The summed E-state index contributed by atoms with van der Waals surface area (Å²) in [5.41, 5.74) is 7.05. The number of ether oxygens (including phenoxy) is 2. The molecular weight excluding hydrogens is 256 g/mol. The third kappa shape index (κ3) is 3.15. The van der Waals surface area contributed by atoms with Gasteiger partial charge in [-0.3, -0.25) is 4.79 Å². The van der Waals surface area contributed by atoms with Gasteiger partial charge in [0.2, 0.25) is 12.7 Å². The van der Waals surface area contributed by atoms with Crippen LogP contribution in [0.3, 0.4) is 0 Å². The highest BCUT2D eigenvalue weighted by atomic mass is 16.7.